The average molecular weight is 281 g/mol. The van der Waals surface area contributed by atoms with Crippen molar-refractivity contribution >= 4 is 10.9 Å². The number of hydrogen-bond acceptors (Lipinski definition) is 2. The van der Waals surface area contributed by atoms with E-state index in [0.29, 0.717) is 0 Å². The molecular weight excluding hydrogens is 262 g/mol. The fraction of sp³-hybridized carbons (Fsp3) is 0.353. The van der Waals surface area contributed by atoms with Gasteiger partial charge in [0.15, 0.2) is 0 Å². The topological polar surface area (TPSA) is 42.8 Å². The molecule has 0 bridgehead atoms. The second-order valence-electron chi connectivity index (χ2n) is 5.78. The number of benzene rings is 1. The molecule has 1 aliphatic heterocycles. The zero-order valence-electron chi connectivity index (χ0n) is 12.2. The van der Waals surface area contributed by atoms with Crippen LogP contribution in [0, 0.1) is 6.92 Å². The fourth-order valence-corrected chi connectivity index (χ4v) is 3.03. The molecule has 1 N–H and O–H groups in total. The average Bonchev–Trinajstić information content (AvgIpc) is 3.12. The van der Waals surface area contributed by atoms with Crippen LogP contribution in [0.2, 0.25) is 0 Å². The quantitative estimate of drug-likeness (QED) is 0.770. The number of nitrogens with one attached hydrogen (secondary N) is 1. The van der Waals surface area contributed by atoms with E-state index in [9.17, 15) is 0 Å². The summed E-state index contributed by atoms with van der Waals surface area (Å²) < 4.78 is 7.74. The highest BCUT2D eigenvalue weighted by atomic mass is 16.5. The van der Waals surface area contributed by atoms with E-state index < -0.39 is 0 Å². The summed E-state index contributed by atoms with van der Waals surface area (Å²) in [7, 11) is 0. The van der Waals surface area contributed by atoms with Crippen LogP contribution >= 0.6 is 0 Å². The molecule has 3 heterocycles. The Balaban J connectivity index is 1.66. The maximum Gasteiger partial charge on any atom is 0.150 e. The van der Waals surface area contributed by atoms with Gasteiger partial charge in [0.25, 0.3) is 0 Å². The van der Waals surface area contributed by atoms with E-state index in [-0.39, 0.29) is 6.23 Å². The zero-order valence-corrected chi connectivity index (χ0v) is 12.2. The zero-order chi connectivity index (χ0) is 14.2. The minimum atomic E-state index is 0.103. The predicted octanol–water partition coefficient (Wildman–Crippen LogP) is 4.04. The van der Waals surface area contributed by atoms with Crippen LogP contribution in [0.5, 0.6) is 0 Å². The molecule has 3 aromatic rings. The van der Waals surface area contributed by atoms with Crippen LogP contribution in [0.1, 0.15) is 31.2 Å². The normalized spacial score (nSPS) is 19.2. The van der Waals surface area contributed by atoms with Crippen molar-refractivity contribution in [1.82, 2.24) is 14.8 Å². The summed E-state index contributed by atoms with van der Waals surface area (Å²) in [5.74, 6) is 0. The molecule has 0 saturated carbocycles. The molecule has 1 atom stereocenters. The number of H-pyrrole nitrogens is 1. The van der Waals surface area contributed by atoms with Gasteiger partial charge in [-0.3, -0.25) is 0 Å². The molecular formula is C17H19N3O. The van der Waals surface area contributed by atoms with Gasteiger partial charge in [-0.05, 0) is 49.9 Å². The lowest BCUT2D eigenvalue weighted by Gasteiger charge is -2.22. The highest BCUT2D eigenvalue weighted by Crippen LogP contribution is 2.27. The molecule has 1 saturated heterocycles. The van der Waals surface area contributed by atoms with Crippen molar-refractivity contribution in [2.45, 2.75) is 32.4 Å². The molecule has 0 radical (unpaired) electrons. The molecule has 2 aromatic heterocycles. The molecule has 108 valence electrons. The number of rotatable bonds is 2. The first-order valence-corrected chi connectivity index (χ1v) is 7.55. The van der Waals surface area contributed by atoms with Crippen LogP contribution in [0.4, 0.5) is 0 Å². The van der Waals surface area contributed by atoms with Crippen molar-refractivity contribution in [2.75, 3.05) is 6.61 Å². The number of ether oxygens (including phenoxy) is 1. The summed E-state index contributed by atoms with van der Waals surface area (Å²) in [4.78, 5) is 3.35. The number of aryl methyl sites for hydroxylation is 1. The molecule has 1 aliphatic rings. The van der Waals surface area contributed by atoms with Crippen molar-refractivity contribution < 1.29 is 4.74 Å². The predicted molar refractivity (Wildman–Crippen MR) is 83.1 cm³/mol. The molecule has 0 spiro atoms. The summed E-state index contributed by atoms with van der Waals surface area (Å²) in [6, 6.07) is 8.66. The highest BCUT2D eigenvalue weighted by molar-refractivity contribution is 5.85. The van der Waals surface area contributed by atoms with Gasteiger partial charge in [-0.25, -0.2) is 4.68 Å². The number of hydrogen-bond donors (Lipinski definition) is 1. The molecule has 0 amide bonds. The maximum absolute atomic E-state index is 5.78. The van der Waals surface area contributed by atoms with Crippen LogP contribution < -0.4 is 0 Å². The summed E-state index contributed by atoms with van der Waals surface area (Å²) >= 11 is 0. The first-order valence-electron chi connectivity index (χ1n) is 7.55. The fourth-order valence-electron chi connectivity index (χ4n) is 3.03. The summed E-state index contributed by atoms with van der Waals surface area (Å²) in [5.41, 5.74) is 4.71. The van der Waals surface area contributed by atoms with E-state index in [1.807, 2.05) is 10.9 Å². The third-order valence-electron chi connectivity index (χ3n) is 4.14. The van der Waals surface area contributed by atoms with Crippen LogP contribution in [0.3, 0.4) is 0 Å². The summed E-state index contributed by atoms with van der Waals surface area (Å²) in [6.45, 7) is 2.92. The molecule has 1 fully saturated rings. The standard InChI is InChI=1S/C17H19N3O/c1-12-8-14-9-13(5-6-16(14)19-12)15-10-18-20(11-15)17-4-2-3-7-21-17/h5-6,8-11,17,19H,2-4,7H2,1H3. The third kappa shape index (κ3) is 2.36. The molecule has 1 unspecified atom stereocenters. The van der Waals surface area contributed by atoms with E-state index in [2.05, 4.69) is 47.5 Å². The van der Waals surface area contributed by atoms with Gasteiger partial charge in [0.2, 0.25) is 0 Å². The van der Waals surface area contributed by atoms with Crippen LogP contribution in [-0.2, 0) is 4.74 Å². The number of aromatic nitrogens is 3. The van der Waals surface area contributed by atoms with E-state index in [1.54, 1.807) is 0 Å². The number of nitrogens with zero attached hydrogens (tertiary/aromatic N) is 2. The van der Waals surface area contributed by atoms with E-state index in [1.165, 1.54) is 28.6 Å². The van der Waals surface area contributed by atoms with E-state index in [4.69, 9.17) is 4.74 Å². The Bertz CT molecular complexity index is 765. The lowest BCUT2D eigenvalue weighted by atomic mass is 10.1. The van der Waals surface area contributed by atoms with Gasteiger partial charge < -0.3 is 9.72 Å². The Hall–Kier alpha value is -2.07. The van der Waals surface area contributed by atoms with Crippen molar-refractivity contribution in [3.05, 3.63) is 42.4 Å². The van der Waals surface area contributed by atoms with Crippen LogP contribution in [0.25, 0.3) is 22.0 Å². The molecule has 1 aromatic carbocycles. The molecule has 0 aliphatic carbocycles. The second-order valence-corrected chi connectivity index (χ2v) is 5.78. The third-order valence-corrected chi connectivity index (χ3v) is 4.14. The molecule has 4 heteroatoms. The first-order chi connectivity index (χ1) is 10.3. The largest absolute Gasteiger partial charge is 0.359 e. The first kappa shape index (κ1) is 12.7. The minimum Gasteiger partial charge on any atom is -0.359 e. The van der Waals surface area contributed by atoms with Gasteiger partial charge in [0.05, 0.1) is 6.20 Å². The highest BCUT2D eigenvalue weighted by Gasteiger charge is 2.16. The van der Waals surface area contributed by atoms with Crippen LogP contribution in [-0.4, -0.2) is 21.4 Å². The molecule has 21 heavy (non-hydrogen) atoms. The van der Waals surface area contributed by atoms with Crippen molar-refractivity contribution in [3.63, 3.8) is 0 Å². The lowest BCUT2D eigenvalue weighted by Crippen LogP contribution is -2.18. The van der Waals surface area contributed by atoms with E-state index >= 15 is 0 Å². The Morgan fingerprint density at radius 2 is 2.19 bits per heavy atom. The SMILES string of the molecule is Cc1cc2cc(-c3cnn(C4CCCCO4)c3)ccc2[nH]1. The number of aromatic amines is 1. The number of fused-ring (bicyclic) bond motifs is 1. The minimum absolute atomic E-state index is 0.103. The summed E-state index contributed by atoms with van der Waals surface area (Å²) in [6.07, 6.45) is 7.56. The van der Waals surface area contributed by atoms with Gasteiger partial charge >= 0.3 is 0 Å². The van der Waals surface area contributed by atoms with Crippen LogP contribution in [0.15, 0.2) is 36.7 Å². The van der Waals surface area contributed by atoms with Gasteiger partial charge in [-0.2, -0.15) is 5.10 Å². The maximum atomic E-state index is 5.78. The van der Waals surface area contributed by atoms with E-state index in [0.717, 1.165) is 25.0 Å². The van der Waals surface area contributed by atoms with Gasteiger partial charge in [0, 0.05) is 35.0 Å². The lowest BCUT2D eigenvalue weighted by molar-refractivity contribution is -0.0394. The summed E-state index contributed by atoms with van der Waals surface area (Å²) in [5, 5.41) is 5.73. The monoisotopic (exact) mass is 281 g/mol. The van der Waals surface area contributed by atoms with Crippen molar-refractivity contribution in [3.8, 4) is 11.1 Å². The van der Waals surface area contributed by atoms with Gasteiger partial charge in [-0.15, -0.1) is 0 Å². The Morgan fingerprint density at radius 1 is 1.24 bits per heavy atom. The molecule has 4 rings (SSSR count). The van der Waals surface area contributed by atoms with Gasteiger partial charge in [-0.1, -0.05) is 6.07 Å². The Morgan fingerprint density at radius 3 is 3.05 bits per heavy atom. The Kier molecular flexibility index (Phi) is 3.04. The Labute approximate surface area is 123 Å². The van der Waals surface area contributed by atoms with Crippen molar-refractivity contribution in [1.29, 1.82) is 0 Å². The second kappa shape index (κ2) is 5.04. The molecule has 4 nitrogen and oxygen atoms in total. The smallest absolute Gasteiger partial charge is 0.150 e. The van der Waals surface area contributed by atoms with Gasteiger partial charge in [0.1, 0.15) is 6.23 Å². The van der Waals surface area contributed by atoms with Crippen molar-refractivity contribution in [2.24, 2.45) is 0 Å².